The lowest BCUT2D eigenvalue weighted by Crippen LogP contribution is -2.23. The van der Waals surface area contributed by atoms with E-state index in [-0.39, 0.29) is 0 Å². The molecule has 0 fully saturated rings. The Morgan fingerprint density at radius 3 is 2.57 bits per heavy atom. The third-order valence-corrected chi connectivity index (χ3v) is 5.15. The van der Waals surface area contributed by atoms with Crippen LogP contribution >= 0.6 is 11.8 Å². The summed E-state index contributed by atoms with van der Waals surface area (Å²) in [6, 6.07) is 7.40. The molecule has 1 atom stereocenters. The Bertz CT molecular complexity index is 1040. The summed E-state index contributed by atoms with van der Waals surface area (Å²) >= 11 is 1.05. The molecule has 0 bridgehead atoms. The van der Waals surface area contributed by atoms with Gasteiger partial charge in [-0.2, -0.15) is 4.68 Å². The summed E-state index contributed by atoms with van der Waals surface area (Å²) in [4.78, 5) is 12.3. The monoisotopic (exact) mass is 407 g/mol. The molecule has 3 rings (SSSR count). The van der Waals surface area contributed by atoms with Crippen molar-refractivity contribution in [3.05, 3.63) is 58.9 Å². The van der Waals surface area contributed by atoms with E-state index in [2.05, 4.69) is 20.8 Å². The molecule has 0 radical (unpaired) electrons. The lowest BCUT2D eigenvalue weighted by molar-refractivity contribution is -0.115. The van der Waals surface area contributed by atoms with Gasteiger partial charge in [0.15, 0.2) is 17.5 Å². The van der Waals surface area contributed by atoms with Crippen molar-refractivity contribution in [2.24, 2.45) is 0 Å². The molecular weight excluding hydrogens is 391 g/mol. The molecule has 0 saturated heterocycles. The van der Waals surface area contributed by atoms with Crippen LogP contribution in [0.4, 0.5) is 18.9 Å². The van der Waals surface area contributed by atoms with Gasteiger partial charge in [-0.1, -0.05) is 17.8 Å². The van der Waals surface area contributed by atoms with Gasteiger partial charge < -0.3 is 5.32 Å². The zero-order valence-corrected chi connectivity index (χ0v) is 16.0. The third-order valence-electron chi connectivity index (χ3n) is 4.12. The number of anilines is 1. The summed E-state index contributed by atoms with van der Waals surface area (Å²) in [6.45, 7) is 5.51. The van der Waals surface area contributed by atoms with Crippen LogP contribution in [-0.2, 0) is 4.79 Å². The number of nitrogens with zero attached hydrogens (tertiary/aromatic N) is 4. The minimum absolute atomic E-state index is 0.358. The SMILES string of the molecule is Cc1ccc(-n2nnnc2SC(C)C(=O)Nc2ccc(F)c(F)c2F)cc1C. The van der Waals surface area contributed by atoms with Crippen molar-refractivity contribution in [3.63, 3.8) is 0 Å². The van der Waals surface area contributed by atoms with E-state index in [1.165, 1.54) is 4.68 Å². The molecule has 0 aliphatic carbocycles. The van der Waals surface area contributed by atoms with Crippen molar-refractivity contribution in [3.8, 4) is 5.69 Å². The highest BCUT2D eigenvalue weighted by atomic mass is 32.2. The topological polar surface area (TPSA) is 72.7 Å². The van der Waals surface area contributed by atoms with Crippen molar-refractivity contribution in [2.75, 3.05) is 5.32 Å². The molecule has 1 N–H and O–H groups in total. The normalized spacial score (nSPS) is 12.1. The van der Waals surface area contributed by atoms with Crippen molar-refractivity contribution < 1.29 is 18.0 Å². The number of amides is 1. The number of aryl methyl sites for hydroxylation is 2. The summed E-state index contributed by atoms with van der Waals surface area (Å²) in [5.41, 5.74) is 2.47. The number of hydrogen-bond acceptors (Lipinski definition) is 5. The number of benzene rings is 2. The number of carbonyl (C=O) groups is 1. The van der Waals surface area contributed by atoms with Crippen molar-refractivity contribution in [1.29, 1.82) is 0 Å². The molecular formula is C18H16F3N5OS. The highest BCUT2D eigenvalue weighted by Gasteiger charge is 2.22. The van der Waals surface area contributed by atoms with Crippen LogP contribution in [0, 0.1) is 31.3 Å². The molecule has 2 aromatic carbocycles. The first kappa shape index (κ1) is 19.9. The average molecular weight is 407 g/mol. The Hall–Kier alpha value is -2.88. The molecule has 6 nitrogen and oxygen atoms in total. The first-order valence-corrected chi connectivity index (χ1v) is 9.13. The molecule has 3 aromatic rings. The van der Waals surface area contributed by atoms with Crippen molar-refractivity contribution in [2.45, 2.75) is 31.2 Å². The summed E-state index contributed by atoms with van der Waals surface area (Å²) in [6.07, 6.45) is 0. The highest BCUT2D eigenvalue weighted by molar-refractivity contribution is 8.00. The maximum absolute atomic E-state index is 13.7. The Kier molecular flexibility index (Phi) is 5.68. The molecule has 1 unspecified atom stereocenters. The first-order valence-electron chi connectivity index (χ1n) is 8.25. The molecule has 1 aromatic heterocycles. The van der Waals surface area contributed by atoms with E-state index in [1.54, 1.807) is 6.92 Å². The molecule has 10 heteroatoms. The minimum atomic E-state index is -1.64. The van der Waals surface area contributed by atoms with Gasteiger partial charge in [-0.25, -0.2) is 13.2 Å². The number of rotatable bonds is 5. The molecule has 0 spiro atoms. The Balaban J connectivity index is 1.76. The molecule has 0 aliphatic rings. The van der Waals surface area contributed by atoms with Gasteiger partial charge in [-0.3, -0.25) is 4.79 Å². The Morgan fingerprint density at radius 1 is 1.11 bits per heavy atom. The van der Waals surface area contributed by atoms with Crippen molar-refractivity contribution in [1.82, 2.24) is 20.2 Å². The lowest BCUT2D eigenvalue weighted by Gasteiger charge is -2.13. The smallest absolute Gasteiger partial charge is 0.237 e. The number of thioether (sulfide) groups is 1. The molecule has 0 aliphatic heterocycles. The summed E-state index contributed by atoms with van der Waals surface area (Å²) in [5.74, 6) is -5.03. The summed E-state index contributed by atoms with van der Waals surface area (Å²) < 4.78 is 41.6. The van der Waals surface area contributed by atoms with Gasteiger partial charge in [0.2, 0.25) is 11.1 Å². The fourth-order valence-corrected chi connectivity index (χ4v) is 3.15. The second kappa shape index (κ2) is 8.01. The summed E-state index contributed by atoms with van der Waals surface area (Å²) in [5, 5.41) is 13.4. The first-order chi connectivity index (χ1) is 13.3. The van der Waals surface area contributed by atoms with Crippen LogP contribution in [0.5, 0.6) is 0 Å². The number of halogens is 3. The molecule has 1 heterocycles. The van der Waals surface area contributed by atoms with E-state index in [0.717, 1.165) is 40.7 Å². The largest absolute Gasteiger partial charge is 0.323 e. The zero-order chi connectivity index (χ0) is 20.4. The van der Waals surface area contributed by atoms with E-state index in [1.807, 2.05) is 32.0 Å². The van der Waals surface area contributed by atoms with Crippen LogP contribution in [0.3, 0.4) is 0 Å². The Labute approximate surface area is 163 Å². The number of nitrogens with one attached hydrogen (secondary N) is 1. The number of aromatic nitrogens is 4. The van der Waals surface area contributed by atoms with Gasteiger partial charge >= 0.3 is 0 Å². The van der Waals surface area contributed by atoms with Crippen LogP contribution in [-0.4, -0.2) is 31.4 Å². The van der Waals surface area contributed by atoms with Crippen LogP contribution in [0.25, 0.3) is 5.69 Å². The van der Waals surface area contributed by atoms with Crippen LogP contribution in [0.15, 0.2) is 35.5 Å². The second-order valence-corrected chi connectivity index (χ2v) is 7.42. The van der Waals surface area contributed by atoms with Gasteiger partial charge in [0.1, 0.15) is 0 Å². The number of hydrogen-bond donors (Lipinski definition) is 1. The van der Waals surface area contributed by atoms with Gasteiger partial charge in [0.25, 0.3) is 0 Å². The quantitative estimate of drug-likeness (QED) is 0.514. The van der Waals surface area contributed by atoms with E-state index in [9.17, 15) is 18.0 Å². The van der Waals surface area contributed by atoms with Crippen LogP contribution in [0.2, 0.25) is 0 Å². The van der Waals surface area contributed by atoms with E-state index < -0.39 is 34.3 Å². The fourth-order valence-electron chi connectivity index (χ4n) is 2.34. The average Bonchev–Trinajstić information content (AvgIpc) is 3.12. The van der Waals surface area contributed by atoms with E-state index in [4.69, 9.17) is 0 Å². The van der Waals surface area contributed by atoms with Gasteiger partial charge in [0.05, 0.1) is 16.6 Å². The Morgan fingerprint density at radius 2 is 1.86 bits per heavy atom. The maximum Gasteiger partial charge on any atom is 0.237 e. The van der Waals surface area contributed by atoms with Crippen LogP contribution in [0.1, 0.15) is 18.1 Å². The standard InChI is InChI=1S/C18H16F3N5OS/c1-9-4-5-12(8-10(9)2)26-18(23-24-25-26)28-11(3)17(27)22-14-7-6-13(19)15(20)16(14)21/h4-8,11H,1-3H3,(H,22,27). The van der Waals surface area contributed by atoms with Crippen LogP contribution < -0.4 is 5.32 Å². The molecule has 28 heavy (non-hydrogen) atoms. The predicted octanol–water partition coefficient (Wildman–Crippen LogP) is 3.82. The number of carbonyl (C=O) groups excluding carboxylic acids is 1. The highest BCUT2D eigenvalue weighted by Crippen LogP contribution is 2.26. The molecule has 146 valence electrons. The molecule has 1 amide bonds. The van der Waals surface area contributed by atoms with Gasteiger partial charge in [-0.15, -0.1) is 5.10 Å². The molecule has 0 saturated carbocycles. The van der Waals surface area contributed by atoms with Gasteiger partial charge in [0, 0.05) is 0 Å². The van der Waals surface area contributed by atoms with E-state index in [0.29, 0.717) is 5.16 Å². The van der Waals surface area contributed by atoms with Gasteiger partial charge in [-0.05, 0) is 66.6 Å². The third kappa shape index (κ3) is 4.01. The maximum atomic E-state index is 13.7. The zero-order valence-electron chi connectivity index (χ0n) is 15.2. The second-order valence-electron chi connectivity index (χ2n) is 6.11. The lowest BCUT2D eigenvalue weighted by atomic mass is 10.1. The summed E-state index contributed by atoms with van der Waals surface area (Å²) in [7, 11) is 0. The van der Waals surface area contributed by atoms with E-state index >= 15 is 0 Å². The minimum Gasteiger partial charge on any atom is -0.323 e. The number of tetrazole rings is 1. The predicted molar refractivity (Wildman–Crippen MR) is 98.9 cm³/mol. The van der Waals surface area contributed by atoms with Crippen molar-refractivity contribution >= 4 is 23.4 Å². The fraction of sp³-hybridized carbons (Fsp3) is 0.222.